The average Bonchev–Trinajstić information content (AvgIpc) is 2.75. The third-order valence-corrected chi connectivity index (χ3v) is 3.15. The Morgan fingerprint density at radius 2 is 2.24 bits per heavy atom. The van der Waals surface area contributed by atoms with Gasteiger partial charge in [0.1, 0.15) is 12.1 Å². The standard InChI is InChI=1S/C10H14N6S/c1-3-11-9-5-12-8(4-13-9)6-17-10-15-14-7-16(10)2/h4-5,7H,3,6H2,1-2H3,(H,11,13). The van der Waals surface area contributed by atoms with Crippen LogP contribution >= 0.6 is 11.8 Å². The number of anilines is 1. The highest BCUT2D eigenvalue weighted by Gasteiger charge is 2.03. The van der Waals surface area contributed by atoms with Crippen LogP contribution in [-0.4, -0.2) is 31.3 Å². The van der Waals surface area contributed by atoms with Crippen LogP contribution in [0.2, 0.25) is 0 Å². The molecule has 90 valence electrons. The Bertz CT molecular complexity index is 466. The number of aryl methyl sites for hydroxylation is 1. The summed E-state index contributed by atoms with van der Waals surface area (Å²) in [6.45, 7) is 2.88. The molecule has 1 N–H and O–H groups in total. The van der Waals surface area contributed by atoms with Crippen molar-refractivity contribution in [3.63, 3.8) is 0 Å². The van der Waals surface area contributed by atoms with Gasteiger partial charge in [0.25, 0.3) is 0 Å². The molecule has 2 rings (SSSR count). The second-order valence-corrected chi connectivity index (χ2v) is 4.38. The zero-order valence-electron chi connectivity index (χ0n) is 9.79. The number of thioether (sulfide) groups is 1. The minimum absolute atomic E-state index is 0.742. The Labute approximate surface area is 104 Å². The second-order valence-electron chi connectivity index (χ2n) is 3.44. The van der Waals surface area contributed by atoms with Crippen molar-refractivity contribution >= 4 is 17.6 Å². The Balaban J connectivity index is 1.93. The van der Waals surface area contributed by atoms with Gasteiger partial charge < -0.3 is 9.88 Å². The van der Waals surface area contributed by atoms with Crippen LogP contribution in [0, 0.1) is 0 Å². The van der Waals surface area contributed by atoms with Gasteiger partial charge in [0.2, 0.25) is 0 Å². The van der Waals surface area contributed by atoms with Gasteiger partial charge in [-0.1, -0.05) is 11.8 Å². The molecule has 0 amide bonds. The summed E-state index contributed by atoms with van der Waals surface area (Å²) in [6, 6.07) is 0. The molecule has 0 saturated heterocycles. The van der Waals surface area contributed by atoms with Crippen molar-refractivity contribution in [2.45, 2.75) is 17.8 Å². The number of nitrogens with zero attached hydrogens (tertiary/aromatic N) is 5. The molecule has 0 spiro atoms. The fraction of sp³-hybridized carbons (Fsp3) is 0.400. The number of hydrogen-bond donors (Lipinski definition) is 1. The molecule has 0 fully saturated rings. The molecule has 0 aliphatic heterocycles. The summed E-state index contributed by atoms with van der Waals surface area (Å²) in [6.07, 6.45) is 5.21. The first kappa shape index (κ1) is 11.8. The molecule has 0 aliphatic rings. The summed E-state index contributed by atoms with van der Waals surface area (Å²) in [5.41, 5.74) is 0.930. The van der Waals surface area contributed by atoms with E-state index < -0.39 is 0 Å². The van der Waals surface area contributed by atoms with Crippen LogP contribution in [-0.2, 0) is 12.8 Å². The highest BCUT2D eigenvalue weighted by Crippen LogP contribution is 2.18. The Kier molecular flexibility index (Phi) is 3.92. The summed E-state index contributed by atoms with van der Waals surface area (Å²) in [5.74, 6) is 1.55. The van der Waals surface area contributed by atoms with Gasteiger partial charge in [-0.15, -0.1) is 10.2 Å². The van der Waals surface area contributed by atoms with Crippen LogP contribution < -0.4 is 5.32 Å². The smallest absolute Gasteiger partial charge is 0.191 e. The highest BCUT2D eigenvalue weighted by molar-refractivity contribution is 7.98. The van der Waals surface area contributed by atoms with E-state index in [4.69, 9.17) is 0 Å². The lowest BCUT2D eigenvalue weighted by atomic mass is 10.5. The number of rotatable bonds is 5. The first-order valence-electron chi connectivity index (χ1n) is 5.31. The molecule has 17 heavy (non-hydrogen) atoms. The first-order valence-corrected chi connectivity index (χ1v) is 6.29. The molecule has 0 bridgehead atoms. The molecular formula is C10H14N6S. The van der Waals surface area contributed by atoms with Crippen molar-refractivity contribution in [1.29, 1.82) is 0 Å². The molecule has 0 saturated carbocycles. The van der Waals surface area contributed by atoms with Gasteiger partial charge >= 0.3 is 0 Å². The largest absolute Gasteiger partial charge is 0.369 e. The molecule has 0 radical (unpaired) electrons. The summed E-state index contributed by atoms with van der Waals surface area (Å²) in [5, 5.41) is 11.8. The predicted octanol–water partition coefficient (Wildman–Crippen LogP) is 1.33. The van der Waals surface area contributed by atoms with Gasteiger partial charge in [-0.3, -0.25) is 4.98 Å². The van der Waals surface area contributed by atoms with Crippen LogP contribution in [0.4, 0.5) is 5.82 Å². The van der Waals surface area contributed by atoms with Gasteiger partial charge in [-0.25, -0.2) is 4.98 Å². The van der Waals surface area contributed by atoms with Crippen LogP contribution in [0.25, 0.3) is 0 Å². The molecule has 2 heterocycles. The maximum absolute atomic E-state index is 4.32. The summed E-state index contributed by atoms with van der Waals surface area (Å²) in [4.78, 5) is 8.58. The zero-order chi connectivity index (χ0) is 12.1. The lowest BCUT2D eigenvalue weighted by molar-refractivity contribution is 0.788. The summed E-state index contributed by atoms with van der Waals surface area (Å²) < 4.78 is 1.88. The van der Waals surface area contributed by atoms with Crippen molar-refractivity contribution in [1.82, 2.24) is 24.7 Å². The fourth-order valence-corrected chi connectivity index (χ4v) is 2.03. The number of hydrogen-bond acceptors (Lipinski definition) is 6. The molecule has 0 aliphatic carbocycles. The molecular weight excluding hydrogens is 236 g/mol. The normalized spacial score (nSPS) is 10.5. The van der Waals surface area contributed by atoms with E-state index in [2.05, 4.69) is 25.5 Å². The van der Waals surface area contributed by atoms with E-state index in [1.54, 1.807) is 30.5 Å². The second kappa shape index (κ2) is 5.62. The Morgan fingerprint density at radius 1 is 1.35 bits per heavy atom. The molecule has 0 aromatic carbocycles. The van der Waals surface area contributed by atoms with Crippen molar-refractivity contribution in [3.05, 3.63) is 24.4 Å². The van der Waals surface area contributed by atoms with Crippen molar-refractivity contribution < 1.29 is 0 Å². The molecule has 0 unspecified atom stereocenters. The lowest BCUT2D eigenvalue weighted by Crippen LogP contribution is -2.00. The maximum atomic E-state index is 4.32. The van der Waals surface area contributed by atoms with Crippen LogP contribution in [0.1, 0.15) is 12.6 Å². The molecule has 6 nitrogen and oxygen atoms in total. The molecule has 7 heteroatoms. The number of aromatic nitrogens is 5. The Hall–Kier alpha value is -1.63. The molecule has 2 aromatic heterocycles. The summed E-state index contributed by atoms with van der Waals surface area (Å²) >= 11 is 1.59. The van der Waals surface area contributed by atoms with Gasteiger partial charge in [-0.05, 0) is 6.92 Å². The van der Waals surface area contributed by atoms with Crippen LogP contribution in [0.15, 0.2) is 23.9 Å². The first-order chi connectivity index (χ1) is 8.29. The van der Waals surface area contributed by atoms with E-state index in [0.29, 0.717) is 0 Å². The van der Waals surface area contributed by atoms with Crippen LogP contribution in [0.5, 0.6) is 0 Å². The quantitative estimate of drug-likeness (QED) is 0.807. The van der Waals surface area contributed by atoms with E-state index in [-0.39, 0.29) is 0 Å². The minimum Gasteiger partial charge on any atom is -0.369 e. The monoisotopic (exact) mass is 250 g/mol. The topological polar surface area (TPSA) is 68.5 Å². The number of nitrogens with one attached hydrogen (secondary N) is 1. The van der Waals surface area contributed by atoms with E-state index in [9.17, 15) is 0 Å². The van der Waals surface area contributed by atoms with E-state index in [1.165, 1.54) is 0 Å². The average molecular weight is 250 g/mol. The van der Waals surface area contributed by atoms with Crippen LogP contribution in [0.3, 0.4) is 0 Å². The Morgan fingerprint density at radius 3 is 2.82 bits per heavy atom. The zero-order valence-corrected chi connectivity index (χ0v) is 10.6. The van der Waals surface area contributed by atoms with E-state index >= 15 is 0 Å². The lowest BCUT2D eigenvalue weighted by Gasteiger charge is -2.03. The van der Waals surface area contributed by atoms with Gasteiger partial charge in [-0.2, -0.15) is 0 Å². The van der Waals surface area contributed by atoms with Gasteiger partial charge in [0.15, 0.2) is 5.16 Å². The third-order valence-electron chi connectivity index (χ3n) is 2.08. The van der Waals surface area contributed by atoms with E-state index in [0.717, 1.165) is 29.0 Å². The predicted molar refractivity (Wildman–Crippen MR) is 66.8 cm³/mol. The molecule has 0 atom stereocenters. The highest BCUT2D eigenvalue weighted by atomic mass is 32.2. The van der Waals surface area contributed by atoms with E-state index in [1.807, 2.05) is 18.5 Å². The summed E-state index contributed by atoms with van der Waals surface area (Å²) in [7, 11) is 1.92. The van der Waals surface area contributed by atoms with Crippen molar-refractivity contribution in [2.75, 3.05) is 11.9 Å². The SMILES string of the molecule is CCNc1cnc(CSc2nncn2C)cn1. The minimum atomic E-state index is 0.742. The van der Waals surface area contributed by atoms with Gasteiger partial charge in [0.05, 0.1) is 18.1 Å². The maximum Gasteiger partial charge on any atom is 0.191 e. The molecule has 2 aromatic rings. The fourth-order valence-electron chi connectivity index (χ4n) is 1.24. The third kappa shape index (κ3) is 3.16. The van der Waals surface area contributed by atoms with Gasteiger partial charge in [0, 0.05) is 19.3 Å². The van der Waals surface area contributed by atoms with Crippen molar-refractivity contribution in [2.24, 2.45) is 7.05 Å². The van der Waals surface area contributed by atoms with Crippen molar-refractivity contribution in [3.8, 4) is 0 Å².